The maximum absolute atomic E-state index is 13.1. The van der Waals surface area contributed by atoms with Gasteiger partial charge < -0.3 is 5.32 Å². The predicted molar refractivity (Wildman–Crippen MR) is 115 cm³/mol. The molecule has 1 atom stereocenters. The van der Waals surface area contributed by atoms with E-state index in [-0.39, 0.29) is 28.8 Å². The quantitative estimate of drug-likeness (QED) is 0.682. The Kier molecular flexibility index (Phi) is 6.44. The minimum Gasteiger partial charge on any atom is -0.345 e. The van der Waals surface area contributed by atoms with Crippen LogP contribution in [0.5, 0.6) is 0 Å². The van der Waals surface area contributed by atoms with Crippen molar-refractivity contribution in [2.24, 2.45) is 5.92 Å². The van der Waals surface area contributed by atoms with Gasteiger partial charge in [-0.3, -0.25) is 4.79 Å². The van der Waals surface area contributed by atoms with Crippen LogP contribution in [0.1, 0.15) is 66.7 Å². The van der Waals surface area contributed by atoms with Crippen LogP contribution < -0.4 is 10.0 Å². The molecule has 0 radical (unpaired) electrons. The molecule has 0 bridgehead atoms. The summed E-state index contributed by atoms with van der Waals surface area (Å²) in [5.74, 6) is -0.0700. The number of amides is 1. The van der Waals surface area contributed by atoms with Gasteiger partial charge in [-0.25, -0.2) is 13.1 Å². The molecule has 1 aliphatic carbocycles. The van der Waals surface area contributed by atoms with Gasteiger partial charge in [0.05, 0.1) is 10.9 Å². The molecule has 1 aliphatic rings. The molecule has 2 aromatic carbocycles. The molecule has 2 aromatic rings. The van der Waals surface area contributed by atoms with Gasteiger partial charge in [-0.05, 0) is 60.9 Å². The zero-order valence-corrected chi connectivity index (χ0v) is 18.3. The van der Waals surface area contributed by atoms with Gasteiger partial charge >= 0.3 is 0 Å². The van der Waals surface area contributed by atoms with E-state index in [0.717, 1.165) is 30.4 Å². The van der Waals surface area contributed by atoms with Crippen LogP contribution in [0, 0.1) is 12.8 Å². The summed E-state index contributed by atoms with van der Waals surface area (Å²) in [4.78, 5) is 13.2. The molecule has 5 nitrogen and oxygen atoms in total. The van der Waals surface area contributed by atoms with Gasteiger partial charge in [0.1, 0.15) is 0 Å². The van der Waals surface area contributed by atoms with Crippen molar-refractivity contribution in [1.82, 2.24) is 10.0 Å². The summed E-state index contributed by atoms with van der Waals surface area (Å²) in [5, 5.41) is 3.10. The number of nitrogens with one attached hydrogen (secondary N) is 2. The molecule has 1 unspecified atom stereocenters. The molecule has 29 heavy (non-hydrogen) atoms. The fourth-order valence-electron chi connectivity index (χ4n) is 3.32. The van der Waals surface area contributed by atoms with Crippen LogP contribution in [0.2, 0.25) is 0 Å². The van der Waals surface area contributed by atoms with Gasteiger partial charge in [0.15, 0.2) is 0 Å². The summed E-state index contributed by atoms with van der Waals surface area (Å²) in [6.07, 6.45) is 2.70. The highest BCUT2D eigenvalue weighted by molar-refractivity contribution is 7.89. The molecule has 1 amide bonds. The van der Waals surface area contributed by atoms with Crippen molar-refractivity contribution in [3.05, 3.63) is 64.7 Å². The molecule has 1 fully saturated rings. The lowest BCUT2D eigenvalue weighted by Gasteiger charge is -2.24. The van der Waals surface area contributed by atoms with Crippen LogP contribution >= 0.6 is 0 Å². The second-order valence-electron chi connectivity index (χ2n) is 8.16. The highest BCUT2D eigenvalue weighted by Crippen LogP contribution is 2.25. The van der Waals surface area contributed by atoms with E-state index in [1.807, 2.05) is 6.92 Å². The average Bonchev–Trinajstić information content (AvgIpc) is 3.49. The lowest BCUT2D eigenvalue weighted by Crippen LogP contribution is -2.32. The number of rotatable bonds is 8. The van der Waals surface area contributed by atoms with E-state index in [1.165, 1.54) is 11.6 Å². The van der Waals surface area contributed by atoms with Gasteiger partial charge in [0, 0.05) is 11.6 Å². The number of carbonyl (C=O) groups is 1. The maximum atomic E-state index is 13.1. The van der Waals surface area contributed by atoms with Crippen LogP contribution in [0.15, 0.2) is 47.4 Å². The number of aryl methyl sites for hydroxylation is 2. The molecule has 0 saturated heterocycles. The van der Waals surface area contributed by atoms with Gasteiger partial charge in [-0.15, -0.1) is 0 Å². The van der Waals surface area contributed by atoms with Crippen molar-refractivity contribution < 1.29 is 13.2 Å². The first-order valence-corrected chi connectivity index (χ1v) is 11.7. The Labute approximate surface area is 174 Å². The van der Waals surface area contributed by atoms with E-state index >= 15 is 0 Å². The Bertz CT molecular complexity index is 978. The number of carbonyl (C=O) groups excluding carboxylic acids is 1. The van der Waals surface area contributed by atoms with E-state index in [9.17, 15) is 13.2 Å². The van der Waals surface area contributed by atoms with Gasteiger partial charge in [0.25, 0.3) is 5.91 Å². The summed E-state index contributed by atoms with van der Waals surface area (Å²) >= 11 is 0. The summed E-state index contributed by atoms with van der Waals surface area (Å²) in [6, 6.07) is 12.9. The predicted octanol–water partition coefficient (Wildman–Crippen LogP) is 4.13. The Morgan fingerprint density at radius 3 is 2.31 bits per heavy atom. The Hall–Kier alpha value is -2.18. The molecule has 6 heteroatoms. The highest BCUT2D eigenvalue weighted by atomic mass is 32.2. The third-order valence-electron chi connectivity index (χ3n) is 5.36. The minimum atomic E-state index is -3.60. The number of hydrogen-bond acceptors (Lipinski definition) is 3. The van der Waals surface area contributed by atoms with Crippen molar-refractivity contribution in [2.75, 3.05) is 0 Å². The monoisotopic (exact) mass is 414 g/mol. The lowest BCUT2D eigenvalue weighted by molar-refractivity contribution is 0.0924. The first-order chi connectivity index (χ1) is 13.7. The van der Waals surface area contributed by atoms with Crippen LogP contribution in [-0.4, -0.2) is 20.4 Å². The fourth-order valence-corrected chi connectivity index (χ4v) is 4.65. The molecule has 3 rings (SSSR count). The largest absolute Gasteiger partial charge is 0.345 e. The number of benzene rings is 2. The van der Waals surface area contributed by atoms with E-state index in [1.54, 1.807) is 12.1 Å². The summed E-state index contributed by atoms with van der Waals surface area (Å²) in [7, 11) is -3.60. The first-order valence-electron chi connectivity index (χ1n) is 10.2. The molecule has 1 saturated carbocycles. The lowest BCUT2D eigenvalue weighted by atomic mass is 9.94. The fraction of sp³-hybridized carbons (Fsp3) is 0.435. The molecule has 0 heterocycles. The zero-order chi connectivity index (χ0) is 21.2. The molecular weight excluding hydrogens is 384 g/mol. The van der Waals surface area contributed by atoms with Gasteiger partial charge in [0.2, 0.25) is 10.0 Å². The first kappa shape index (κ1) is 21.5. The third kappa shape index (κ3) is 5.25. The summed E-state index contributed by atoms with van der Waals surface area (Å²) in [5.41, 5.74) is 3.43. The Morgan fingerprint density at radius 2 is 1.76 bits per heavy atom. The normalized spacial score (nSPS) is 15.3. The van der Waals surface area contributed by atoms with Crippen molar-refractivity contribution in [1.29, 1.82) is 0 Å². The Morgan fingerprint density at radius 1 is 1.10 bits per heavy atom. The molecule has 0 aliphatic heterocycles. The Balaban J connectivity index is 1.84. The van der Waals surface area contributed by atoms with E-state index in [4.69, 9.17) is 0 Å². The van der Waals surface area contributed by atoms with Crippen molar-refractivity contribution in [2.45, 2.75) is 63.9 Å². The van der Waals surface area contributed by atoms with E-state index in [0.29, 0.717) is 5.56 Å². The highest BCUT2D eigenvalue weighted by Gasteiger charge is 2.29. The summed E-state index contributed by atoms with van der Waals surface area (Å²) in [6.45, 7) is 8.05. The average molecular weight is 415 g/mol. The topological polar surface area (TPSA) is 75.3 Å². The maximum Gasteiger partial charge on any atom is 0.252 e. The molecule has 2 N–H and O–H groups in total. The second-order valence-corrected chi connectivity index (χ2v) is 9.88. The third-order valence-corrected chi connectivity index (χ3v) is 6.88. The van der Waals surface area contributed by atoms with Crippen molar-refractivity contribution in [3.63, 3.8) is 0 Å². The summed E-state index contributed by atoms with van der Waals surface area (Å²) < 4.78 is 27.7. The number of hydrogen-bond donors (Lipinski definition) is 2. The standard InChI is InChI=1S/C23H30N2O3S/c1-5-17-7-9-18(10-8-17)22(15(2)3)24-23(26)21-14-20(13-6-16(21)4)29(27,28)25-19-11-12-19/h6-10,13-15,19,22,25H,5,11-12H2,1-4H3,(H,24,26). The van der Waals surface area contributed by atoms with Gasteiger partial charge in [-0.2, -0.15) is 0 Å². The van der Waals surface area contributed by atoms with Crippen LogP contribution in [0.25, 0.3) is 0 Å². The van der Waals surface area contributed by atoms with E-state index in [2.05, 4.69) is 55.1 Å². The van der Waals surface area contributed by atoms with E-state index < -0.39 is 10.0 Å². The van der Waals surface area contributed by atoms with Crippen LogP contribution in [0.3, 0.4) is 0 Å². The SMILES string of the molecule is CCc1ccc(C(NC(=O)c2cc(S(=O)(=O)NC3CC3)ccc2C)C(C)C)cc1. The minimum absolute atomic E-state index is 0.0231. The van der Waals surface area contributed by atoms with Crippen molar-refractivity contribution in [3.8, 4) is 0 Å². The zero-order valence-electron chi connectivity index (χ0n) is 17.5. The number of sulfonamides is 1. The van der Waals surface area contributed by atoms with Crippen molar-refractivity contribution >= 4 is 15.9 Å². The van der Waals surface area contributed by atoms with Gasteiger partial charge in [-0.1, -0.05) is 51.1 Å². The second kappa shape index (κ2) is 8.67. The molecule has 156 valence electrons. The van der Waals surface area contributed by atoms with Crippen LogP contribution in [-0.2, 0) is 16.4 Å². The molecule has 0 aromatic heterocycles. The van der Waals surface area contributed by atoms with Crippen LogP contribution in [0.4, 0.5) is 0 Å². The molecule has 0 spiro atoms. The smallest absolute Gasteiger partial charge is 0.252 e. The molecular formula is C23H30N2O3S.